The van der Waals surface area contributed by atoms with Crippen LogP contribution in [0.1, 0.15) is 10.4 Å². The number of nitrogens with one attached hydrogen (secondary N) is 1. The van der Waals surface area contributed by atoms with Crippen molar-refractivity contribution in [2.75, 3.05) is 0 Å². The third-order valence-electron chi connectivity index (χ3n) is 2.12. The molecule has 0 bridgehead atoms. The van der Waals surface area contributed by atoms with Gasteiger partial charge in [0.2, 0.25) is 0 Å². The Morgan fingerprint density at radius 1 is 1.27 bits per heavy atom. The second-order valence-electron chi connectivity index (χ2n) is 3.07. The van der Waals surface area contributed by atoms with Crippen LogP contribution in [0.4, 0.5) is 0 Å². The first-order chi connectivity index (χ1) is 7.09. The van der Waals surface area contributed by atoms with Crippen LogP contribution in [-0.4, -0.2) is 21.2 Å². The Morgan fingerprint density at radius 2 is 2.00 bits per heavy atom. The van der Waals surface area contributed by atoms with E-state index in [0.717, 1.165) is 6.20 Å². The number of hydrogen-bond acceptors (Lipinski definition) is 3. The van der Waals surface area contributed by atoms with E-state index in [-0.39, 0.29) is 16.7 Å². The zero-order valence-corrected chi connectivity index (χ0v) is 7.52. The van der Waals surface area contributed by atoms with Crippen LogP contribution in [0.2, 0.25) is 0 Å². The van der Waals surface area contributed by atoms with Crippen LogP contribution < -0.4 is 5.56 Å². The predicted octanol–water partition coefficient (Wildman–Crippen LogP) is 0.932. The summed E-state index contributed by atoms with van der Waals surface area (Å²) >= 11 is 0. The SMILES string of the molecule is O=C(O)c1c[nH]c(=O)c2cc(O)ccc12. The largest absolute Gasteiger partial charge is 0.508 e. The number of H-pyrrole nitrogens is 1. The minimum absolute atomic E-state index is 0.00426. The van der Waals surface area contributed by atoms with Gasteiger partial charge < -0.3 is 15.2 Å². The van der Waals surface area contributed by atoms with Gasteiger partial charge in [0.1, 0.15) is 5.75 Å². The number of aromatic nitrogens is 1. The number of hydrogen-bond donors (Lipinski definition) is 3. The summed E-state index contributed by atoms with van der Waals surface area (Å²) in [4.78, 5) is 24.5. The average Bonchev–Trinajstić information content (AvgIpc) is 2.19. The lowest BCUT2D eigenvalue weighted by Crippen LogP contribution is -2.09. The fourth-order valence-electron chi connectivity index (χ4n) is 1.43. The zero-order valence-electron chi connectivity index (χ0n) is 7.52. The Labute approximate surface area is 83.6 Å². The second kappa shape index (κ2) is 3.13. The molecule has 0 aliphatic carbocycles. The van der Waals surface area contributed by atoms with Crippen molar-refractivity contribution in [1.29, 1.82) is 0 Å². The molecular formula is C10H7NO4. The van der Waals surface area contributed by atoms with Gasteiger partial charge in [0.25, 0.3) is 5.56 Å². The minimum Gasteiger partial charge on any atom is -0.508 e. The van der Waals surface area contributed by atoms with Crippen molar-refractivity contribution >= 4 is 16.7 Å². The first kappa shape index (κ1) is 9.26. The second-order valence-corrected chi connectivity index (χ2v) is 3.07. The fourth-order valence-corrected chi connectivity index (χ4v) is 1.43. The van der Waals surface area contributed by atoms with Gasteiger partial charge in [0.05, 0.1) is 10.9 Å². The molecule has 0 saturated heterocycles. The van der Waals surface area contributed by atoms with Crippen LogP contribution in [0.25, 0.3) is 10.8 Å². The van der Waals surface area contributed by atoms with Crippen molar-refractivity contribution in [3.8, 4) is 5.75 Å². The molecule has 1 aromatic heterocycles. The predicted molar refractivity (Wildman–Crippen MR) is 53.2 cm³/mol. The number of aromatic hydroxyl groups is 1. The molecule has 0 saturated carbocycles. The lowest BCUT2D eigenvalue weighted by atomic mass is 10.1. The Balaban J connectivity index is 2.95. The molecule has 0 aliphatic heterocycles. The molecule has 5 heteroatoms. The molecule has 2 rings (SSSR count). The van der Waals surface area contributed by atoms with Gasteiger partial charge in [-0.25, -0.2) is 4.79 Å². The van der Waals surface area contributed by atoms with E-state index in [2.05, 4.69) is 4.98 Å². The van der Waals surface area contributed by atoms with E-state index in [4.69, 9.17) is 5.11 Å². The quantitative estimate of drug-likeness (QED) is 0.646. The van der Waals surface area contributed by atoms with E-state index in [0.29, 0.717) is 5.39 Å². The van der Waals surface area contributed by atoms with Gasteiger partial charge in [0, 0.05) is 11.6 Å². The standard InChI is InChI=1S/C10H7NO4/c12-5-1-2-6-7(3-5)9(13)11-4-8(6)10(14)15/h1-4,12H,(H,11,13)(H,14,15). The Morgan fingerprint density at radius 3 is 2.67 bits per heavy atom. The number of rotatable bonds is 1. The van der Waals surface area contributed by atoms with Gasteiger partial charge in [-0.1, -0.05) is 0 Å². The number of carboxylic acid groups (broad SMARTS) is 1. The molecule has 5 nitrogen and oxygen atoms in total. The van der Waals surface area contributed by atoms with E-state index in [1.165, 1.54) is 18.2 Å². The summed E-state index contributed by atoms with van der Waals surface area (Å²) in [6, 6.07) is 3.98. The maximum atomic E-state index is 11.3. The van der Waals surface area contributed by atoms with Crippen LogP contribution in [-0.2, 0) is 0 Å². The molecule has 0 radical (unpaired) electrons. The number of phenols is 1. The van der Waals surface area contributed by atoms with Crippen molar-refractivity contribution in [1.82, 2.24) is 4.98 Å². The molecule has 0 aliphatic rings. The molecule has 0 unspecified atom stereocenters. The molecule has 3 N–H and O–H groups in total. The van der Waals surface area contributed by atoms with Gasteiger partial charge in [-0.3, -0.25) is 4.79 Å². The number of carbonyl (C=O) groups is 1. The van der Waals surface area contributed by atoms with Crippen molar-refractivity contribution < 1.29 is 15.0 Å². The highest BCUT2D eigenvalue weighted by atomic mass is 16.4. The van der Waals surface area contributed by atoms with Crippen molar-refractivity contribution in [3.63, 3.8) is 0 Å². The summed E-state index contributed by atoms with van der Waals surface area (Å²) in [5.41, 5.74) is -0.421. The zero-order chi connectivity index (χ0) is 11.0. The molecule has 2 aromatic rings. The molecule has 0 spiro atoms. The van der Waals surface area contributed by atoms with Gasteiger partial charge in [-0.2, -0.15) is 0 Å². The van der Waals surface area contributed by atoms with Crippen molar-refractivity contribution in [3.05, 3.63) is 40.3 Å². The Kier molecular flexibility index (Phi) is 1.93. The summed E-state index contributed by atoms with van der Waals surface area (Å²) in [6.07, 6.45) is 1.14. The van der Waals surface area contributed by atoms with Gasteiger partial charge in [-0.05, 0) is 18.2 Å². The van der Waals surface area contributed by atoms with Gasteiger partial charge in [-0.15, -0.1) is 0 Å². The van der Waals surface area contributed by atoms with Gasteiger partial charge in [0.15, 0.2) is 0 Å². The highest BCUT2D eigenvalue weighted by molar-refractivity contribution is 6.03. The topological polar surface area (TPSA) is 90.4 Å². The summed E-state index contributed by atoms with van der Waals surface area (Å²) in [5.74, 6) is -1.20. The Hall–Kier alpha value is -2.30. The number of fused-ring (bicyclic) bond motifs is 1. The number of aromatic carboxylic acids is 1. The number of phenolic OH excluding ortho intramolecular Hbond substituents is 1. The average molecular weight is 205 g/mol. The van der Waals surface area contributed by atoms with Crippen LogP contribution >= 0.6 is 0 Å². The number of carboxylic acids is 1. The summed E-state index contributed by atoms with van der Waals surface area (Å²) in [5, 5.41) is 18.5. The normalized spacial score (nSPS) is 10.4. The van der Waals surface area contributed by atoms with Crippen LogP contribution in [0.15, 0.2) is 29.2 Å². The van der Waals surface area contributed by atoms with E-state index >= 15 is 0 Å². The molecule has 1 aromatic carbocycles. The highest BCUT2D eigenvalue weighted by Gasteiger charge is 2.10. The lowest BCUT2D eigenvalue weighted by Gasteiger charge is -2.01. The molecule has 0 fully saturated rings. The molecule has 0 atom stereocenters. The van der Waals surface area contributed by atoms with Crippen LogP contribution in [0, 0.1) is 0 Å². The smallest absolute Gasteiger partial charge is 0.337 e. The van der Waals surface area contributed by atoms with Crippen molar-refractivity contribution in [2.24, 2.45) is 0 Å². The fraction of sp³-hybridized carbons (Fsp3) is 0. The summed E-state index contributed by atoms with van der Waals surface area (Å²) in [6.45, 7) is 0. The van der Waals surface area contributed by atoms with Gasteiger partial charge >= 0.3 is 5.97 Å². The first-order valence-electron chi connectivity index (χ1n) is 4.17. The third-order valence-corrected chi connectivity index (χ3v) is 2.12. The Bertz CT molecular complexity index is 600. The number of pyridine rings is 1. The van der Waals surface area contributed by atoms with E-state index in [1.807, 2.05) is 0 Å². The molecule has 1 heterocycles. The van der Waals surface area contributed by atoms with Crippen LogP contribution in [0.3, 0.4) is 0 Å². The highest BCUT2D eigenvalue weighted by Crippen LogP contribution is 2.19. The maximum absolute atomic E-state index is 11.3. The van der Waals surface area contributed by atoms with Crippen LogP contribution in [0.5, 0.6) is 5.75 Å². The van der Waals surface area contributed by atoms with E-state index in [1.54, 1.807) is 0 Å². The monoisotopic (exact) mass is 205 g/mol. The molecule has 15 heavy (non-hydrogen) atoms. The summed E-state index contributed by atoms with van der Waals surface area (Å²) < 4.78 is 0. The lowest BCUT2D eigenvalue weighted by molar-refractivity contribution is 0.0698. The summed E-state index contributed by atoms with van der Waals surface area (Å²) in [7, 11) is 0. The maximum Gasteiger partial charge on any atom is 0.337 e. The first-order valence-corrected chi connectivity index (χ1v) is 4.17. The van der Waals surface area contributed by atoms with Crippen molar-refractivity contribution in [2.45, 2.75) is 0 Å². The molecule has 0 amide bonds. The molecule has 76 valence electrons. The minimum atomic E-state index is -1.12. The third kappa shape index (κ3) is 1.43. The number of benzene rings is 1. The van der Waals surface area contributed by atoms with E-state index in [9.17, 15) is 14.7 Å². The van der Waals surface area contributed by atoms with E-state index < -0.39 is 11.5 Å². The number of aromatic amines is 1. The molecular weight excluding hydrogens is 198 g/mol.